The summed E-state index contributed by atoms with van der Waals surface area (Å²) in [6.45, 7) is 4.42. The standard InChI is InChI=1S/C31H35N5O3/c1-20(37)19-36-16-13-25(14-17-36)39-24-10-7-21(8-11-24)29-26-18-23(9-12-27(26)34-35-29)31(38)33-30(22-5-6-22)28-4-2-3-15-32-28/h2-4,7-12,15,18,20,22,25,30,37H,5-6,13-14,16-17,19H2,1H3,(H,33,38)(H,34,35)/t20?,30-/m0/s1. The Kier molecular flexibility index (Phi) is 7.30. The lowest BCUT2D eigenvalue weighted by atomic mass is 10.0. The molecule has 6 rings (SSSR count). The summed E-state index contributed by atoms with van der Waals surface area (Å²) in [6.07, 6.45) is 5.77. The van der Waals surface area contributed by atoms with E-state index in [4.69, 9.17) is 4.74 Å². The summed E-state index contributed by atoms with van der Waals surface area (Å²) >= 11 is 0. The van der Waals surface area contributed by atoms with Gasteiger partial charge in [-0.25, -0.2) is 0 Å². The lowest BCUT2D eigenvalue weighted by Gasteiger charge is -2.32. The zero-order valence-corrected chi connectivity index (χ0v) is 22.2. The van der Waals surface area contributed by atoms with Gasteiger partial charge in [-0.05, 0) is 93.1 Å². The number of aromatic nitrogens is 3. The van der Waals surface area contributed by atoms with Crippen LogP contribution < -0.4 is 10.1 Å². The second-order valence-electron chi connectivity index (χ2n) is 10.9. The molecule has 2 fully saturated rings. The van der Waals surface area contributed by atoms with Crippen LogP contribution in [0.25, 0.3) is 22.2 Å². The number of β-amino-alcohol motifs (C(OH)–C–C–N with tert-alkyl or cyclic N) is 1. The highest BCUT2D eigenvalue weighted by atomic mass is 16.5. The van der Waals surface area contributed by atoms with Crippen LogP contribution in [0.15, 0.2) is 66.9 Å². The topological polar surface area (TPSA) is 103 Å². The van der Waals surface area contributed by atoms with Crippen LogP contribution in [-0.4, -0.2) is 62.9 Å². The second-order valence-corrected chi connectivity index (χ2v) is 10.9. The number of likely N-dealkylation sites (tertiary alicyclic amines) is 1. The maximum absolute atomic E-state index is 13.3. The Bertz CT molecular complexity index is 1410. The molecule has 39 heavy (non-hydrogen) atoms. The number of aliphatic hydroxyl groups is 1. The first-order chi connectivity index (χ1) is 19.0. The van der Waals surface area contributed by atoms with Crippen LogP contribution in [0, 0.1) is 5.92 Å². The number of rotatable bonds is 9. The number of nitrogens with one attached hydrogen (secondary N) is 2. The lowest BCUT2D eigenvalue weighted by Crippen LogP contribution is -2.41. The number of hydrogen-bond donors (Lipinski definition) is 3. The minimum atomic E-state index is -0.301. The molecule has 3 heterocycles. The first-order valence-electron chi connectivity index (χ1n) is 13.9. The molecule has 0 bridgehead atoms. The number of amides is 1. The van der Waals surface area contributed by atoms with E-state index >= 15 is 0 Å². The number of benzene rings is 2. The highest BCUT2D eigenvalue weighted by molar-refractivity contribution is 6.01. The van der Waals surface area contributed by atoms with Gasteiger partial charge in [-0.1, -0.05) is 6.07 Å². The van der Waals surface area contributed by atoms with E-state index in [1.165, 1.54) is 0 Å². The van der Waals surface area contributed by atoms with Crippen molar-refractivity contribution in [1.29, 1.82) is 0 Å². The van der Waals surface area contributed by atoms with Crippen molar-refractivity contribution in [2.75, 3.05) is 19.6 Å². The number of nitrogens with zero attached hydrogens (tertiary/aromatic N) is 3. The van der Waals surface area contributed by atoms with Crippen LogP contribution in [0.2, 0.25) is 0 Å². The van der Waals surface area contributed by atoms with Gasteiger partial charge in [0.15, 0.2) is 0 Å². The second kappa shape index (κ2) is 11.2. The van der Waals surface area contributed by atoms with Crippen LogP contribution in [0.4, 0.5) is 0 Å². The Morgan fingerprint density at radius 1 is 1.10 bits per heavy atom. The Morgan fingerprint density at radius 2 is 1.90 bits per heavy atom. The number of aliphatic hydroxyl groups excluding tert-OH is 1. The van der Waals surface area contributed by atoms with Crippen molar-refractivity contribution in [3.05, 3.63) is 78.1 Å². The maximum Gasteiger partial charge on any atom is 0.251 e. The molecular formula is C31H35N5O3. The summed E-state index contributed by atoms with van der Waals surface area (Å²) < 4.78 is 6.24. The normalized spacial score (nSPS) is 18.1. The highest BCUT2D eigenvalue weighted by Gasteiger charge is 2.34. The molecule has 1 unspecified atom stereocenters. The van der Waals surface area contributed by atoms with Crippen LogP contribution in [0.1, 0.15) is 54.7 Å². The van der Waals surface area contributed by atoms with Gasteiger partial charge in [-0.2, -0.15) is 5.10 Å². The molecule has 8 heteroatoms. The molecule has 0 radical (unpaired) electrons. The van der Waals surface area contributed by atoms with E-state index in [9.17, 15) is 9.90 Å². The van der Waals surface area contributed by atoms with Gasteiger partial charge < -0.3 is 20.1 Å². The molecule has 1 saturated carbocycles. The summed E-state index contributed by atoms with van der Waals surface area (Å²) in [7, 11) is 0. The monoisotopic (exact) mass is 525 g/mol. The average molecular weight is 526 g/mol. The number of carbonyl (C=O) groups is 1. The molecule has 8 nitrogen and oxygen atoms in total. The van der Waals surface area contributed by atoms with Gasteiger partial charge in [-0.15, -0.1) is 0 Å². The number of ether oxygens (including phenoxy) is 1. The van der Waals surface area contributed by atoms with Gasteiger partial charge in [0.25, 0.3) is 5.91 Å². The van der Waals surface area contributed by atoms with E-state index in [0.29, 0.717) is 18.0 Å². The molecule has 1 amide bonds. The number of pyridine rings is 1. The Balaban J connectivity index is 1.14. The quantitative estimate of drug-likeness (QED) is 0.292. The third-order valence-electron chi connectivity index (χ3n) is 7.70. The SMILES string of the molecule is CC(O)CN1CCC(Oc2ccc(-c3n[nH]c4ccc(C(=O)N[C@H](c5ccccn5)C5CC5)cc34)cc2)CC1. The molecule has 1 aliphatic carbocycles. The molecule has 2 aromatic heterocycles. The average Bonchev–Trinajstić information content (AvgIpc) is 3.71. The van der Waals surface area contributed by atoms with Crippen molar-refractivity contribution in [3.63, 3.8) is 0 Å². The van der Waals surface area contributed by atoms with E-state index in [0.717, 1.165) is 72.4 Å². The van der Waals surface area contributed by atoms with Gasteiger partial charge in [0.1, 0.15) is 11.9 Å². The fourth-order valence-electron chi connectivity index (χ4n) is 5.49. The van der Waals surface area contributed by atoms with E-state index in [1.54, 1.807) is 6.20 Å². The van der Waals surface area contributed by atoms with Gasteiger partial charge >= 0.3 is 0 Å². The largest absolute Gasteiger partial charge is 0.490 e. The zero-order valence-electron chi connectivity index (χ0n) is 22.2. The first kappa shape index (κ1) is 25.5. The fraction of sp³-hybridized carbons (Fsp3) is 0.387. The molecule has 1 aliphatic heterocycles. The highest BCUT2D eigenvalue weighted by Crippen LogP contribution is 2.40. The minimum absolute atomic E-state index is 0.0729. The molecule has 0 spiro atoms. The number of carbonyl (C=O) groups excluding carboxylic acids is 1. The number of fused-ring (bicyclic) bond motifs is 1. The molecule has 2 aliphatic rings. The van der Waals surface area contributed by atoms with E-state index < -0.39 is 0 Å². The first-order valence-corrected chi connectivity index (χ1v) is 13.9. The predicted octanol–water partition coefficient (Wildman–Crippen LogP) is 4.73. The number of hydrogen-bond acceptors (Lipinski definition) is 6. The molecular weight excluding hydrogens is 490 g/mol. The van der Waals surface area contributed by atoms with E-state index in [2.05, 4.69) is 25.4 Å². The van der Waals surface area contributed by atoms with Crippen molar-refractivity contribution in [3.8, 4) is 17.0 Å². The van der Waals surface area contributed by atoms with Crippen molar-refractivity contribution >= 4 is 16.8 Å². The molecule has 202 valence electrons. The number of H-pyrrole nitrogens is 1. The van der Waals surface area contributed by atoms with E-state index in [-0.39, 0.29) is 24.2 Å². The third kappa shape index (κ3) is 5.97. The van der Waals surface area contributed by atoms with Gasteiger partial charge in [0, 0.05) is 42.3 Å². The Hall–Kier alpha value is -3.75. The molecule has 2 atom stereocenters. The maximum atomic E-state index is 13.3. The van der Waals surface area contributed by atoms with Gasteiger partial charge in [0.05, 0.1) is 29.1 Å². The zero-order chi connectivity index (χ0) is 26.8. The van der Waals surface area contributed by atoms with Crippen LogP contribution in [0.5, 0.6) is 5.75 Å². The number of piperidine rings is 1. The summed E-state index contributed by atoms with van der Waals surface area (Å²) in [5, 5.41) is 21.4. The Labute approximate surface area is 228 Å². The fourth-order valence-corrected chi connectivity index (χ4v) is 5.49. The Morgan fingerprint density at radius 3 is 2.59 bits per heavy atom. The number of aromatic amines is 1. The van der Waals surface area contributed by atoms with Crippen molar-refractivity contribution < 1.29 is 14.6 Å². The van der Waals surface area contributed by atoms with Crippen molar-refractivity contribution in [1.82, 2.24) is 25.4 Å². The van der Waals surface area contributed by atoms with E-state index in [1.807, 2.05) is 67.6 Å². The molecule has 4 aromatic rings. The molecule has 2 aromatic carbocycles. The summed E-state index contributed by atoms with van der Waals surface area (Å²) in [5.74, 6) is 1.18. The molecule has 1 saturated heterocycles. The third-order valence-corrected chi connectivity index (χ3v) is 7.70. The van der Waals surface area contributed by atoms with Crippen molar-refractivity contribution in [2.24, 2.45) is 5.92 Å². The minimum Gasteiger partial charge on any atom is -0.490 e. The lowest BCUT2D eigenvalue weighted by molar-refractivity contribution is 0.0673. The molecule has 3 N–H and O–H groups in total. The summed E-state index contributed by atoms with van der Waals surface area (Å²) in [6, 6.07) is 19.4. The summed E-state index contributed by atoms with van der Waals surface area (Å²) in [4.78, 5) is 20.1. The van der Waals surface area contributed by atoms with Crippen LogP contribution >= 0.6 is 0 Å². The predicted molar refractivity (Wildman–Crippen MR) is 150 cm³/mol. The van der Waals surface area contributed by atoms with Gasteiger partial charge in [-0.3, -0.25) is 14.9 Å². The van der Waals surface area contributed by atoms with Gasteiger partial charge in [0.2, 0.25) is 0 Å². The van der Waals surface area contributed by atoms with Crippen molar-refractivity contribution in [2.45, 2.75) is 50.9 Å². The van der Waals surface area contributed by atoms with Crippen LogP contribution in [-0.2, 0) is 0 Å². The summed E-state index contributed by atoms with van der Waals surface area (Å²) in [5.41, 5.74) is 4.16. The smallest absolute Gasteiger partial charge is 0.251 e. The van der Waals surface area contributed by atoms with Crippen LogP contribution in [0.3, 0.4) is 0 Å².